The predicted octanol–water partition coefficient (Wildman–Crippen LogP) is -0.221. The lowest BCUT2D eigenvalue weighted by atomic mass is 10.1. The molecule has 0 aromatic heterocycles. The third-order valence-corrected chi connectivity index (χ3v) is 5.04. The minimum Gasteiger partial charge on any atom is -0.340 e. The van der Waals surface area contributed by atoms with Crippen LogP contribution in [-0.4, -0.2) is 78.0 Å². The summed E-state index contributed by atoms with van der Waals surface area (Å²) in [6.07, 6.45) is -0.604. The normalized spacial score (nSPS) is 25.9. The van der Waals surface area contributed by atoms with Gasteiger partial charge in [0.15, 0.2) is 18.2 Å². The van der Waals surface area contributed by atoms with Gasteiger partial charge < -0.3 is 20.0 Å². The summed E-state index contributed by atoms with van der Waals surface area (Å²) in [5, 5.41) is 5.64. The molecule has 2 unspecified atom stereocenters. The second-order valence-corrected chi connectivity index (χ2v) is 6.65. The third kappa shape index (κ3) is 2.78. The first-order valence-electron chi connectivity index (χ1n) is 8.67. The summed E-state index contributed by atoms with van der Waals surface area (Å²) in [6, 6.07) is 5.38. The Hall–Kier alpha value is -2.68. The minimum absolute atomic E-state index is 0.214. The Morgan fingerprint density at radius 3 is 2.69 bits per heavy atom. The van der Waals surface area contributed by atoms with E-state index < -0.39 is 24.1 Å². The van der Waals surface area contributed by atoms with Crippen LogP contribution in [-0.2, 0) is 11.3 Å². The van der Waals surface area contributed by atoms with Crippen molar-refractivity contribution in [2.24, 2.45) is 4.99 Å². The quantitative estimate of drug-likeness (QED) is 0.762. The van der Waals surface area contributed by atoms with Gasteiger partial charge in [0, 0.05) is 45.3 Å². The van der Waals surface area contributed by atoms with Gasteiger partial charge in [-0.3, -0.25) is 10.1 Å². The van der Waals surface area contributed by atoms with Crippen molar-refractivity contribution >= 4 is 17.9 Å². The van der Waals surface area contributed by atoms with Crippen LogP contribution in [0.25, 0.3) is 0 Å². The van der Waals surface area contributed by atoms with Crippen LogP contribution in [0.4, 0.5) is 9.18 Å². The largest absolute Gasteiger partial charge is 0.340 e. The van der Waals surface area contributed by atoms with Gasteiger partial charge >= 0.3 is 6.03 Å². The molecule has 3 aliphatic rings. The van der Waals surface area contributed by atoms with E-state index in [1.165, 1.54) is 11.0 Å². The molecule has 1 aromatic carbocycles. The fourth-order valence-corrected chi connectivity index (χ4v) is 3.62. The van der Waals surface area contributed by atoms with Gasteiger partial charge in [-0.1, -0.05) is 18.2 Å². The molecule has 4 rings (SSSR count). The van der Waals surface area contributed by atoms with E-state index in [0.717, 1.165) is 26.2 Å². The summed E-state index contributed by atoms with van der Waals surface area (Å²) < 4.78 is 14.2. The van der Waals surface area contributed by atoms with E-state index in [0.29, 0.717) is 11.5 Å². The van der Waals surface area contributed by atoms with Crippen LogP contribution in [0.1, 0.15) is 5.56 Å². The molecule has 3 amide bonds. The first-order chi connectivity index (χ1) is 12.6. The highest BCUT2D eigenvalue weighted by Crippen LogP contribution is 2.27. The number of likely N-dealkylation sites (N-methyl/N-ethyl adjacent to an activating group) is 1. The van der Waals surface area contributed by atoms with Gasteiger partial charge in [0.25, 0.3) is 5.91 Å². The Balaban J connectivity index is 1.69. The summed E-state index contributed by atoms with van der Waals surface area (Å²) in [4.78, 5) is 34.5. The van der Waals surface area contributed by atoms with E-state index in [1.54, 1.807) is 25.2 Å². The van der Waals surface area contributed by atoms with Crippen molar-refractivity contribution in [1.29, 1.82) is 0 Å². The first kappa shape index (κ1) is 16.8. The van der Waals surface area contributed by atoms with Crippen molar-refractivity contribution in [3.8, 4) is 0 Å². The molecule has 8 nitrogen and oxygen atoms in total. The number of urea groups is 1. The van der Waals surface area contributed by atoms with Crippen molar-refractivity contribution < 1.29 is 14.0 Å². The topological polar surface area (TPSA) is 80.3 Å². The number of hydrogen-bond acceptors (Lipinski definition) is 6. The van der Waals surface area contributed by atoms with Gasteiger partial charge in [-0.2, -0.15) is 0 Å². The molecule has 3 heterocycles. The monoisotopic (exact) mass is 360 g/mol. The Labute approximate surface area is 150 Å². The number of hydrogen-bond donors (Lipinski definition) is 2. The Morgan fingerprint density at radius 2 is 1.96 bits per heavy atom. The molecule has 2 N–H and O–H groups in total. The molecule has 1 aromatic rings. The molecule has 0 saturated carbocycles. The minimum atomic E-state index is -0.665. The van der Waals surface area contributed by atoms with Crippen molar-refractivity contribution in [1.82, 2.24) is 25.3 Å². The lowest BCUT2D eigenvalue weighted by Crippen LogP contribution is -2.64. The number of nitrogens with one attached hydrogen (secondary N) is 2. The van der Waals surface area contributed by atoms with Crippen LogP contribution in [0.2, 0.25) is 0 Å². The van der Waals surface area contributed by atoms with Crippen molar-refractivity contribution in [2.75, 3.05) is 33.2 Å². The van der Waals surface area contributed by atoms with Gasteiger partial charge in [-0.25, -0.2) is 14.2 Å². The van der Waals surface area contributed by atoms with Crippen molar-refractivity contribution in [3.63, 3.8) is 0 Å². The number of imide groups is 1. The maximum atomic E-state index is 14.2. The summed E-state index contributed by atoms with van der Waals surface area (Å²) in [5.41, 5.74) is 0.489. The Kier molecular flexibility index (Phi) is 4.23. The maximum Gasteiger partial charge on any atom is 0.325 e. The first-order valence-corrected chi connectivity index (χ1v) is 8.67. The number of aliphatic imine (C=N–C) groups is 1. The lowest BCUT2D eigenvalue weighted by molar-refractivity contribution is -0.127. The zero-order valence-corrected chi connectivity index (χ0v) is 14.5. The Morgan fingerprint density at radius 1 is 1.23 bits per heavy atom. The number of rotatable bonds is 2. The van der Waals surface area contributed by atoms with Gasteiger partial charge in [0.2, 0.25) is 0 Å². The second kappa shape index (κ2) is 6.56. The fraction of sp³-hybridized carbons (Fsp3) is 0.471. The molecular formula is C17H21FN6O2. The highest BCUT2D eigenvalue weighted by Gasteiger charge is 2.49. The lowest BCUT2D eigenvalue weighted by Gasteiger charge is -2.38. The molecular weight excluding hydrogens is 339 g/mol. The van der Waals surface area contributed by atoms with Crippen molar-refractivity contribution in [3.05, 3.63) is 35.6 Å². The fourth-order valence-electron chi connectivity index (χ4n) is 3.62. The second-order valence-electron chi connectivity index (χ2n) is 6.65. The third-order valence-electron chi connectivity index (χ3n) is 5.04. The van der Waals surface area contributed by atoms with Gasteiger partial charge in [-0.15, -0.1) is 0 Å². The molecule has 138 valence electrons. The predicted molar refractivity (Wildman–Crippen MR) is 92.7 cm³/mol. The van der Waals surface area contributed by atoms with Crippen LogP contribution in [0.3, 0.4) is 0 Å². The average Bonchev–Trinajstić information content (AvgIpc) is 3.02. The molecule has 2 atom stereocenters. The highest BCUT2D eigenvalue weighted by molar-refractivity contribution is 6.03. The van der Waals surface area contributed by atoms with Gasteiger partial charge in [0.05, 0.1) is 0 Å². The number of benzene rings is 1. The standard InChI is InChI=1S/C17H21FN6O2/c1-22-14-13(15(25)21-17(22)26)24(10-11-4-2-3-5-12(11)18)16(20-14)23-8-6-19-7-9-23/h2-5,13-14,19H,6-10H2,1H3,(H,21,25,26). The number of carbonyl (C=O) groups excluding carboxylic acids is 2. The smallest absolute Gasteiger partial charge is 0.325 e. The van der Waals surface area contributed by atoms with E-state index in [9.17, 15) is 14.0 Å². The van der Waals surface area contributed by atoms with Crippen LogP contribution in [0.15, 0.2) is 29.3 Å². The Bertz CT molecular complexity index is 763. The van der Waals surface area contributed by atoms with Crippen LogP contribution >= 0.6 is 0 Å². The van der Waals surface area contributed by atoms with Crippen molar-refractivity contribution in [2.45, 2.75) is 18.8 Å². The molecule has 26 heavy (non-hydrogen) atoms. The summed E-state index contributed by atoms with van der Waals surface area (Å²) in [7, 11) is 1.62. The molecule has 0 radical (unpaired) electrons. The van der Waals surface area contributed by atoms with E-state index in [-0.39, 0.29) is 12.4 Å². The van der Waals surface area contributed by atoms with Gasteiger partial charge in [0.1, 0.15) is 5.82 Å². The number of nitrogens with zero attached hydrogens (tertiary/aromatic N) is 4. The number of amides is 3. The molecule has 0 bridgehead atoms. The zero-order valence-electron chi connectivity index (χ0n) is 14.5. The molecule has 3 aliphatic heterocycles. The molecule has 0 spiro atoms. The molecule has 2 saturated heterocycles. The summed E-state index contributed by atoms with van der Waals surface area (Å²) >= 11 is 0. The number of guanidine groups is 1. The van der Waals surface area contributed by atoms with E-state index in [2.05, 4.69) is 20.5 Å². The molecule has 9 heteroatoms. The van der Waals surface area contributed by atoms with E-state index >= 15 is 0 Å². The molecule has 0 aliphatic carbocycles. The van der Waals surface area contributed by atoms with Gasteiger partial charge in [-0.05, 0) is 6.07 Å². The number of piperazine rings is 1. The number of carbonyl (C=O) groups is 2. The van der Waals surface area contributed by atoms with Crippen LogP contribution in [0, 0.1) is 5.82 Å². The van der Waals surface area contributed by atoms with E-state index in [1.807, 2.05) is 4.90 Å². The highest BCUT2D eigenvalue weighted by atomic mass is 19.1. The zero-order chi connectivity index (χ0) is 18.3. The molecule has 2 fully saturated rings. The SMILES string of the molecule is CN1C(=O)NC(=O)C2C1N=C(N1CCNCC1)N2Cc1ccccc1F. The maximum absolute atomic E-state index is 14.2. The van der Waals surface area contributed by atoms with Crippen LogP contribution in [0.5, 0.6) is 0 Å². The summed E-state index contributed by atoms with van der Waals surface area (Å²) in [5.74, 6) is -0.0824. The average molecular weight is 360 g/mol. The van der Waals surface area contributed by atoms with Crippen LogP contribution < -0.4 is 10.6 Å². The van der Waals surface area contributed by atoms with E-state index in [4.69, 9.17) is 0 Å². The summed E-state index contributed by atoms with van der Waals surface area (Å²) in [6.45, 7) is 3.31. The number of fused-ring (bicyclic) bond motifs is 1. The number of halogens is 1.